The molecule has 3 fully saturated rings. The van der Waals surface area contributed by atoms with Crippen LogP contribution in [0.1, 0.15) is 56.4 Å². The molecule has 0 aromatic heterocycles. The first-order valence-corrected chi connectivity index (χ1v) is 12.7. The summed E-state index contributed by atoms with van der Waals surface area (Å²) in [6.45, 7) is 0.324. The van der Waals surface area contributed by atoms with Crippen LogP contribution in [-0.2, 0) is 19.5 Å². The van der Waals surface area contributed by atoms with Crippen LogP contribution in [0.3, 0.4) is 0 Å². The quantitative estimate of drug-likeness (QED) is 0.741. The fraction of sp³-hybridized carbons (Fsp3) is 0.682. The van der Waals surface area contributed by atoms with E-state index < -0.39 is 16.1 Å². The lowest BCUT2D eigenvalue weighted by atomic mass is 9.83. The van der Waals surface area contributed by atoms with Crippen molar-refractivity contribution in [1.82, 2.24) is 9.62 Å². The molecule has 1 aromatic carbocycles. The highest BCUT2D eigenvalue weighted by Gasteiger charge is 2.61. The maximum absolute atomic E-state index is 12.5. The van der Waals surface area contributed by atoms with Gasteiger partial charge in [-0.15, -0.1) is 0 Å². The van der Waals surface area contributed by atoms with E-state index >= 15 is 0 Å². The number of nitrogens with one attached hydrogen (secondary N) is 1. The molecule has 1 spiro atoms. The second-order valence-electron chi connectivity index (χ2n) is 9.05. The second-order valence-corrected chi connectivity index (χ2v) is 10.8. The Morgan fingerprint density at radius 2 is 1.83 bits per heavy atom. The van der Waals surface area contributed by atoms with Crippen molar-refractivity contribution in [2.75, 3.05) is 20.0 Å². The lowest BCUT2D eigenvalue weighted by Crippen LogP contribution is -2.51. The van der Waals surface area contributed by atoms with Crippen molar-refractivity contribution in [2.24, 2.45) is 0 Å². The Morgan fingerprint density at radius 1 is 1.17 bits per heavy atom. The third-order valence-electron chi connectivity index (χ3n) is 6.92. The van der Waals surface area contributed by atoms with Crippen LogP contribution in [-0.4, -0.2) is 63.1 Å². The molecule has 0 radical (unpaired) electrons. The van der Waals surface area contributed by atoms with Crippen LogP contribution in [0.2, 0.25) is 0 Å². The first kappa shape index (κ1) is 21.6. The molecule has 1 N–H and O–H groups in total. The summed E-state index contributed by atoms with van der Waals surface area (Å²) in [6.07, 6.45) is 7.38. The number of rotatable bonds is 6. The standard InChI is InChI=1S/C22H32N2O5S/c1-28-21(25)24-20(19(23-30(2,26)27)14-22(24)12-13-22)15-29-18-10-8-17(9-11-18)16-6-4-3-5-7-16/h3-7,17-20,23H,8-15H2,1-2H3/t17-,18+,19?,20-/m0/s1. The van der Waals surface area contributed by atoms with Crippen LogP contribution >= 0.6 is 0 Å². The van der Waals surface area contributed by atoms with Gasteiger partial charge in [0.15, 0.2) is 0 Å². The molecule has 2 aliphatic carbocycles. The summed E-state index contributed by atoms with van der Waals surface area (Å²) >= 11 is 0. The number of ether oxygens (including phenoxy) is 2. The van der Waals surface area contributed by atoms with E-state index in [4.69, 9.17) is 9.47 Å². The van der Waals surface area contributed by atoms with E-state index in [1.165, 1.54) is 12.7 Å². The second kappa shape index (κ2) is 8.48. The smallest absolute Gasteiger partial charge is 0.410 e. The molecular weight excluding hydrogens is 404 g/mol. The lowest BCUT2D eigenvalue weighted by molar-refractivity contribution is -0.0107. The first-order chi connectivity index (χ1) is 14.3. The van der Waals surface area contributed by atoms with E-state index in [0.29, 0.717) is 18.9 Å². The zero-order valence-corrected chi connectivity index (χ0v) is 18.6. The molecule has 1 amide bonds. The van der Waals surface area contributed by atoms with E-state index in [-0.39, 0.29) is 23.7 Å². The number of amides is 1. The number of hydrogen-bond acceptors (Lipinski definition) is 5. The Kier molecular flexibility index (Phi) is 6.10. The maximum atomic E-state index is 12.5. The highest BCUT2D eigenvalue weighted by Crippen LogP contribution is 2.52. The zero-order valence-electron chi connectivity index (χ0n) is 17.7. The molecule has 1 aliphatic heterocycles. The van der Waals surface area contributed by atoms with Gasteiger partial charge in [-0.05, 0) is 56.4 Å². The third-order valence-corrected chi connectivity index (χ3v) is 7.65. The van der Waals surface area contributed by atoms with Gasteiger partial charge in [0.2, 0.25) is 10.0 Å². The number of carbonyl (C=O) groups excluding carboxylic acids is 1. The van der Waals surface area contributed by atoms with Gasteiger partial charge in [0.1, 0.15) is 0 Å². The molecule has 1 heterocycles. The average molecular weight is 437 g/mol. The molecule has 3 aliphatic rings. The van der Waals surface area contributed by atoms with E-state index in [2.05, 4.69) is 29.0 Å². The fourth-order valence-electron chi connectivity index (χ4n) is 5.30. The van der Waals surface area contributed by atoms with Gasteiger partial charge in [0.25, 0.3) is 0 Å². The predicted octanol–water partition coefficient (Wildman–Crippen LogP) is 3.02. The molecule has 2 atom stereocenters. The van der Waals surface area contributed by atoms with Gasteiger partial charge >= 0.3 is 6.09 Å². The number of methoxy groups -OCH3 is 1. The summed E-state index contributed by atoms with van der Waals surface area (Å²) in [5.41, 5.74) is 1.10. The van der Waals surface area contributed by atoms with Crippen molar-refractivity contribution in [1.29, 1.82) is 0 Å². The zero-order chi connectivity index (χ0) is 21.4. The van der Waals surface area contributed by atoms with Crippen molar-refractivity contribution in [3.8, 4) is 0 Å². The Hall–Kier alpha value is -1.64. The van der Waals surface area contributed by atoms with Crippen molar-refractivity contribution in [3.05, 3.63) is 35.9 Å². The summed E-state index contributed by atoms with van der Waals surface area (Å²) in [7, 11) is -2.01. The van der Waals surface area contributed by atoms with E-state index in [0.717, 1.165) is 44.8 Å². The minimum Gasteiger partial charge on any atom is -0.453 e. The van der Waals surface area contributed by atoms with Gasteiger partial charge in [-0.25, -0.2) is 17.9 Å². The van der Waals surface area contributed by atoms with Crippen molar-refractivity contribution < 1.29 is 22.7 Å². The van der Waals surface area contributed by atoms with Crippen LogP contribution in [0.4, 0.5) is 4.79 Å². The number of likely N-dealkylation sites (tertiary alicyclic amines) is 1. The van der Waals surface area contributed by atoms with Crippen molar-refractivity contribution in [3.63, 3.8) is 0 Å². The number of benzene rings is 1. The molecule has 166 valence electrons. The number of nitrogens with zero attached hydrogens (tertiary/aromatic N) is 1. The molecule has 4 rings (SSSR count). The summed E-state index contributed by atoms with van der Waals surface area (Å²) in [5.74, 6) is 0.568. The Bertz CT molecular complexity index is 848. The topological polar surface area (TPSA) is 84.9 Å². The number of sulfonamides is 1. The van der Waals surface area contributed by atoms with E-state index in [1.54, 1.807) is 4.90 Å². The summed E-state index contributed by atoms with van der Waals surface area (Å²) < 4.78 is 37.8. The molecule has 7 nitrogen and oxygen atoms in total. The minimum absolute atomic E-state index is 0.138. The molecule has 1 aromatic rings. The largest absolute Gasteiger partial charge is 0.453 e. The van der Waals surface area contributed by atoms with Gasteiger partial charge in [-0.3, -0.25) is 4.90 Å². The van der Waals surface area contributed by atoms with Crippen molar-refractivity contribution >= 4 is 16.1 Å². The molecule has 1 unspecified atom stereocenters. The highest BCUT2D eigenvalue weighted by atomic mass is 32.2. The number of carbonyl (C=O) groups is 1. The van der Waals surface area contributed by atoms with Crippen LogP contribution < -0.4 is 4.72 Å². The Balaban J connectivity index is 1.39. The lowest BCUT2D eigenvalue weighted by Gasteiger charge is -2.33. The molecule has 30 heavy (non-hydrogen) atoms. The van der Waals surface area contributed by atoms with E-state index in [9.17, 15) is 13.2 Å². The molecule has 1 saturated heterocycles. The summed E-state index contributed by atoms with van der Waals surface area (Å²) in [4.78, 5) is 14.3. The monoisotopic (exact) mass is 436 g/mol. The molecule has 8 heteroatoms. The molecule has 2 saturated carbocycles. The van der Waals surface area contributed by atoms with Crippen LogP contribution in [0.15, 0.2) is 30.3 Å². The third kappa shape index (κ3) is 4.65. The van der Waals surface area contributed by atoms with Gasteiger partial charge in [0, 0.05) is 11.6 Å². The van der Waals surface area contributed by atoms with Crippen LogP contribution in [0, 0.1) is 0 Å². The average Bonchev–Trinajstić information content (AvgIpc) is 3.43. The number of hydrogen-bond donors (Lipinski definition) is 1. The Morgan fingerprint density at radius 3 is 2.40 bits per heavy atom. The van der Waals surface area contributed by atoms with Crippen molar-refractivity contribution in [2.45, 2.75) is 74.6 Å². The molecule has 0 bridgehead atoms. The van der Waals surface area contributed by atoms with Gasteiger partial charge in [-0.1, -0.05) is 30.3 Å². The van der Waals surface area contributed by atoms with Gasteiger partial charge < -0.3 is 9.47 Å². The summed E-state index contributed by atoms with van der Waals surface area (Å²) in [6, 6.07) is 9.90. The highest BCUT2D eigenvalue weighted by molar-refractivity contribution is 7.88. The first-order valence-electron chi connectivity index (χ1n) is 10.8. The van der Waals surface area contributed by atoms with Crippen LogP contribution in [0.25, 0.3) is 0 Å². The Labute approximate surface area is 179 Å². The van der Waals surface area contributed by atoms with E-state index in [1.807, 2.05) is 6.07 Å². The normalized spacial score (nSPS) is 30.4. The summed E-state index contributed by atoms with van der Waals surface area (Å²) in [5, 5.41) is 0. The SMILES string of the molecule is COC(=O)N1[C@@H](CO[C@H]2CC[C@@H](c3ccccc3)CC2)C(NS(C)(=O)=O)CC12CC2. The predicted molar refractivity (Wildman–Crippen MR) is 114 cm³/mol. The fourth-order valence-corrected chi connectivity index (χ4v) is 6.09. The molecular formula is C22H32N2O5S. The minimum atomic E-state index is -3.38. The maximum Gasteiger partial charge on any atom is 0.410 e. The van der Waals surface area contributed by atoms with Crippen LogP contribution in [0.5, 0.6) is 0 Å². The van der Waals surface area contributed by atoms with Gasteiger partial charge in [-0.2, -0.15) is 0 Å². The van der Waals surface area contributed by atoms with Gasteiger partial charge in [0.05, 0.1) is 32.1 Å².